The van der Waals surface area contributed by atoms with Gasteiger partial charge >= 0.3 is 5.97 Å². The van der Waals surface area contributed by atoms with Crippen molar-refractivity contribution in [3.63, 3.8) is 0 Å². The molecule has 0 saturated heterocycles. The maximum Gasteiger partial charge on any atom is 0.328 e. The number of carboxylic acids is 1. The Balaban J connectivity index is 1.89. The van der Waals surface area contributed by atoms with Gasteiger partial charge in [-0.05, 0) is 70.2 Å². The molecule has 0 saturated carbocycles. The van der Waals surface area contributed by atoms with Gasteiger partial charge in [0.05, 0.1) is 11.7 Å². The van der Waals surface area contributed by atoms with Gasteiger partial charge in [-0.25, -0.2) is 9.18 Å². The molecule has 0 aliphatic heterocycles. The summed E-state index contributed by atoms with van der Waals surface area (Å²) in [6.45, 7) is 2.08. The van der Waals surface area contributed by atoms with E-state index in [1.54, 1.807) is 24.4 Å². The highest BCUT2D eigenvalue weighted by molar-refractivity contribution is 6.00. The van der Waals surface area contributed by atoms with Gasteiger partial charge in [0.1, 0.15) is 5.82 Å². The molecule has 1 heterocycles. The van der Waals surface area contributed by atoms with Crippen LogP contribution in [0.15, 0.2) is 79.0 Å². The maximum atomic E-state index is 13.5. The van der Waals surface area contributed by atoms with Crippen molar-refractivity contribution in [2.75, 3.05) is 0 Å². The first kappa shape index (κ1) is 20.3. The third-order valence-electron chi connectivity index (χ3n) is 5.19. The van der Waals surface area contributed by atoms with E-state index < -0.39 is 5.97 Å². The molecule has 0 unspecified atom stereocenters. The molecule has 5 heteroatoms. The van der Waals surface area contributed by atoms with Gasteiger partial charge in [-0.3, -0.25) is 5.10 Å². The Morgan fingerprint density at radius 2 is 1.68 bits per heavy atom. The topological polar surface area (TPSA) is 66.0 Å². The van der Waals surface area contributed by atoms with Gasteiger partial charge < -0.3 is 5.11 Å². The normalized spacial score (nSPS) is 12.3. The predicted molar refractivity (Wildman–Crippen MR) is 122 cm³/mol. The molecule has 4 aromatic rings. The van der Waals surface area contributed by atoms with Crippen LogP contribution in [0.2, 0.25) is 0 Å². The van der Waals surface area contributed by atoms with Gasteiger partial charge in [-0.2, -0.15) is 5.10 Å². The van der Waals surface area contributed by atoms with Crippen LogP contribution >= 0.6 is 0 Å². The molecule has 1 aromatic heterocycles. The van der Waals surface area contributed by atoms with E-state index in [1.807, 2.05) is 36.4 Å². The van der Waals surface area contributed by atoms with Gasteiger partial charge in [0.15, 0.2) is 0 Å². The second kappa shape index (κ2) is 8.79. The summed E-state index contributed by atoms with van der Waals surface area (Å²) in [5, 5.41) is 17.0. The second-order valence-corrected chi connectivity index (χ2v) is 7.18. The van der Waals surface area contributed by atoms with Gasteiger partial charge in [0, 0.05) is 11.5 Å². The first-order valence-electron chi connectivity index (χ1n) is 9.99. The Bertz CT molecular complexity index is 1280. The standard InChI is InChI=1S/C26H21FN2O2/c1-2-23(18-8-11-22(27)12-9-18)26(20-10-13-24-21(15-20)16-28-29-24)19-6-3-17(4-7-19)5-14-25(30)31/h3-16H,2H2,1H3,(H,28,29)(H,30,31)/b14-5?,26-23+. The number of aromatic amines is 1. The molecule has 31 heavy (non-hydrogen) atoms. The van der Waals surface area contributed by atoms with Crippen molar-refractivity contribution in [1.82, 2.24) is 10.2 Å². The van der Waals surface area contributed by atoms with Crippen molar-refractivity contribution in [2.45, 2.75) is 13.3 Å². The summed E-state index contributed by atoms with van der Waals surface area (Å²) in [6, 6.07) is 20.4. The summed E-state index contributed by atoms with van der Waals surface area (Å²) in [6.07, 6.45) is 5.23. The minimum Gasteiger partial charge on any atom is -0.478 e. The average Bonchev–Trinajstić information content (AvgIpc) is 3.25. The number of nitrogens with zero attached hydrogens (tertiary/aromatic N) is 1. The van der Waals surface area contributed by atoms with Crippen LogP contribution in [0.5, 0.6) is 0 Å². The number of benzene rings is 3. The number of fused-ring (bicyclic) bond motifs is 1. The van der Waals surface area contributed by atoms with E-state index in [-0.39, 0.29) is 5.82 Å². The van der Waals surface area contributed by atoms with E-state index in [9.17, 15) is 9.18 Å². The highest BCUT2D eigenvalue weighted by atomic mass is 19.1. The first-order valence-corrected chi connectivity index (χ1v) is 9.99. The summed E-state index contributed by atoms with van der Waals surface area (Å²) in [5.41, 5.74) is 6.89. The Hall–Kier alpha value is -3.99. The van der Waals surface area contributed by atoms with Crippen LogP contribution in [0.4, 0.5) is 4.39 Å². The number of rotatable bonds is 6. The Morgan fingerprint density at radius 1 is 1.00 bits per heavy atom. The number of hydrogen-bond donors (Lipinski definition) is 2. The van der Waals surface area contributed by atoms with Crippen LogP contribution in [0.3, 0.4) is 0 Å². The van der Waals surface area contributed by atoms with Crippen LogP contribution in [0, 0.1) is 5.82 Å². The van der Waals surface area contributed by atoms with Crippen LogP contribution in [-0.2, 0) is 4.79 Å². The summed E-state index contributed by atoms with van der Waals surface area (Å²) >= 11 is 0. The monoisotopic (exact) mass is 412 g/mol. The van der Waals surface area contributed by atoms with Crippen molar-refractivity contribution < 1.29 is 14.3 Å². The number of H-pyrrole nitrogens is 1. The lowest BCUT2D eigenvalue weighted by atomic mass is 9.87. The van der Waals surface area contributed by atoms with E-state index in [1.165, 1.54) is 12.1 Å². The fraction of sp³-hybridized carbons (Fsp3) is 0.0769. The summed E-state index contributed by atoms with van der Waals surface area (Å²) in [4.78, 5) is 10.8. The molecule has 154 valence electrons. The number of carbonyl (C=O) groups is 1. The number of hydrogen-bond acceptors (Lipinski definition) is 2. The van der Waals surface area contributed by atoms with Gasteiger partial charge in [0.25, 0.3) is 0 Å². The lowest BCUT2D eigenvalue weighted by Gasteiger charge is -2.17. The van der Waals surface area contributed by atoms with Crippen LogP contribution in [0.1, 0.15) is 35.6 Å². The fourth-order valence-electron chi connectivity index (χ4n) is 3.72. The molecule has 4 nitrogen and oxygen atoms in total. The van der Waals surface area contributed by atoms with E-state index in [4.69, 9.17) is 5.11 Å². The number of halogens is 1. The van der Waals surface area contributed by atoms with E-state index >= 15 is 0 Å². The summed E-state index contributed by atoms with van der Waals surface area (Å²) < 4.78 is 13.5. The molecule has 0 radical (unpaired) electrons. The van der Waals surface area contributed by atoms with Crippen LogP contribution in [0.25, 0.3) is 28.1 Å². The molecule has 3 aromatic carbocycles. The molecule has 0 aliphatic rings. The highest BCUT2D eigenvalue weighted by Gasteiger charge is 2.14. The molecule has 0 atom stereocenters. The summed E-state index contributed by atoms with van der Waals surface area (Å²) in [5.74, 6) is -1.25. The Morgan fingerprint density at radius 3 is 2.35 bits per heavy atom. The average molecular weight is 412 g/mol. The molecule has 0 spiro atoms. The van der Waals surface area contributed by atoms with E-state index in [2.05, 4.69) is 23.2 Å². The third-order valence-corrected chi connectivity index (χ3v) is 5.19. The van der Waals surface area contributed by atoms with Crippen molar-refractivity contribution in [2.24, 2.45) is 0 Å². The number of aromatic nitrogens is 2. The summed E-state index contributed by atoms with van der Waals surface area (Å²) in [7, 11) is 0. The largest absolute Gasteiger partial charge is 0.478 e. The smallest absolute Gasteiger partial charge is 0.328 e. The number of nitrogens with one attached hydrogen (secondary N) is 1. The van der Waals surface area contributed by atoms with Crippen molar-refractivity contribution >= 4 is 34.1 Å². The van der Waals surface area contributed by atoms with Gasteiger partial charge in [-0.15, -0.1) is 0 Å². The minimum atomic E-state index is -0.984. The third kappa shape index (κ3) is 4.46. The molecular weight excluding hydrogens is 391 g/mol. The molecular formula is C26H21FN2O2. The highest BCUT2D eigenvalue weighted by Crippen LogP contribution is 2.35. The Kier molecular flexibility index (Phi) is 5.76. The second-order valence-electron chi connectivity index (χ2n) is 7.18. The number of aliphatic carboxylic acids is 1. The molecule has 4 rings (SSSR count). The number of carboxylic acid groups (broad SMARTS) is 1. The van der Waals surface area contributed by atoms with Crippen molar-refractivity contribution in [3.8, 4) is 0 Å². The number of allylic oxidation sites excluding steroid dienone is 1. The zero-order valence-corrected chi connectivity index (χ0v) is 17.0. The zero-order valence-electron chi connectivity index (χ0n) is 17.0. The molecule has 0 fully saturated rings. The maximum absolute atomic E-state index is 13.5. The van der Waals surface area contributed by atoms with Crippen LogP contribution < -0.4 is 0 Å². The SMILES string of the molecule is CC/C(=C(/c1ccc(C=CC(=O)O)cc1)c1ccc2[nH]ncc2c1)c1ccc(F)cc1. The lowest BCUT2D eigenvalue weighted by molar-refractivity contribution is -0.131. The molecule has 0 aliphatic carbocycles. The predicted octanol–water partition coefficient (Wildman–Crippen LogP) is 6.17. The van der Waals surface area contributed by atoms with Gasteiger partial charge in [-0.1, -0.05) is 49.4 Å². The lowest BCUT2D eigenvalue weighted by Crippen LogP contribution is -1.96. The zero-order chi connectivity index (χ0) is 21.8. The fourth-order valence-corrected chi connectivity index (χ4v) is 3.72. The van der Waals surface area contributed by atoms with E-state index in [0.717, 1.165) is 56.8 Å². The molecule has 2 N–H and O–H groups in total. The van der Waals surface area contributed by atoms with E-state index in [0.29, 0.717) is 0 Å². The quantitative estimate of drug-likeness (QED) is 0.294. The Labute approximate surface area is 179 Å². The van der Waals surface area contributed by atoms with Crippen LogP contribution in [-0.4, -0.2) is 21.3 Å². The molecule has 0 bridgehead atoms. The van der Waals surface area contributed by atoms with Crippen molar-refractivity contribution in [1.29, 1.82) is 0 Å². The minimum absolute atomic E-state index is 0.268. The van der Waals surface area contributed by atoms with Gasteiger partial charge in [0.2, 0.25) is 0 Å². The first-order chi connectivity index (χ1) is 15.0. The van der Waals surface area contributed by atoms with Crippen molar-refractivity contribution in [3.05, 3.63) is 107 Å². The molecule has 0 amide bonds.